The quantitative estimate of drug-likeness (QED) is 0.327. The smallest absolute Gasteiger partial charge is 0.124 e. The molecular weight excluding hydrogens is 518 g/mol. The first-order chi connectivity index (χ1) is 9.43. The van der Waals surface area contributed by atoms with Gasteiger partial charge in [0.2, 0.25) is 0 Å². The maximum Gasteiger partial charge on any atom is 0.124 e. The molecule has 1 unspecified atom stereocenters. The van der Waals surface area contributed by atoms with Crippen LogP contribution < -0.4 is 4.74 Å². The number of alkyl halides is 1. The monoisotopic (exact) mass is 528 g/mol. The molecule has 0 spiro atoms. The summed E-state index contributed by atoms with van der Waals surface area (Å²) in [6, 6.07) is 10.2. The van der Waals surface area contributed by atoms with Crippen LogP contribution in [0.4, 0.5) is 0 Å². The molecule has 2 aromatic carbocycles. The lowest BCUT2D eigenvalue weighted by molar-refractivity contribution is 0.409. The molecule has 0 N–H and O–H groups in total. The molecule has 1 nitrogen and oxygen atoms in total. The van der Waals surface area contributed by atoms with E-state index in [0.29, 0.717) is 0 Å². The van der Waals surface area contributed by atoms with Gasteiger partial charge in [0, 0.05) is 18.1 Å². The summed E-state index contributed by atoms with van der Waals surface area (Å²) in [4.78, 5) is 0. The predicted octanol–water partition coefficient (Wildman–Crippen LogP) is 6.46. The molecule has 0 aliphatic heterocycles. The van der Waals surface area contributed by atoms with Crippen LogP contribution in [0.1, 0.15) is 22.1 Å². The van der Waals surface area contributed by atoms with Crippen LogP contribution in [0.3, 0.4) is 0 Å². The number of ether oxygens (including phenoxy) is 1. The van der Waals surface area contributed by atoms with Gasteiger partial charge in [-0.3, -0.25) is 0 Å². The molecule has 2 aromatic rings. The van der Waals surface area contributed by atoms with E-state index in [1.807, 2.05) is 31.2 Å². The van der Waals surface area contributed by atoms with Gasteiger partial charge in [0.1, 0.15) is 5.75 Å². The second kappa shape index (κ2) is 6.99. The van der Waals surface area contributed by atoms with Gasteiger partial charge in [-0.1, -0.05) is 31.9 Å². The van der Waals surface area contributed by atoms with Crippen LogP contribution in [-0.2, 0) is 0 Å². The van der Waals surface area contributed by atoms with Crippen molar-refractivity contribution in [3.63, 3.8) is 0 Å². The van der Waals surface area contributed by atoms with Crippen LogP contribution in [0.15, 0.2) is 39.3 Å². The lowest BCUT2D eigenvalue weighted by Gasteiger charge is -2.17. The Morgan fingerprint density at radius 2 is 1.80 bits per heavy atom. The van der Waals surface area contributed by atoms with Gasteiger partial charge in [0.25, 0.3) is 0 Å². The number of halogens is 4. The molecule has 0 fully saturated rings. The molecule has 2 rings (SSSR count). The molecule has 0 aliphatic rings. The third kappa shape index (κ3) is 3.51. The van der Waals surface area contributed by atoms with E-state index in [-0.39, 0.29) is 5.38 Å². The van der Waals surface area contributed by atoms with Gasteiger partial charge >= 0.3 is 0 Å². The molecule has 0 aromatic heterocycles. The van der Waals surface area contributed by atoms with Gasteiger partial charge in [-0.05, 0) is 71.0 Å². The summed E-state index contributed by atoms with van der Waals surface area (Å²) in [5, 5.41) is -0.272. The SMILES string of the molecule is COc1cc(C)c(Br)cc1C(Cl)c1cc(I)ccc1Br. The van der Waals surface area contributed by atoms with E-state index >= 15 is 0 Å². The molecular formula is C15H12Br2ClIO. The van der Waals surface area contributed by atoms with E-state index in [1.165, 1.54) is 0 Å². The highest BCUT2D eigenvalue weighted by Crippen LogP contribution is 2.40. The van der Waals surface area contributed by atoms with Gasteiger partial charge < -0.3 is 4.74 Å². The van der Waals surface area contributed by atoms with Crippen molar-refractivity contribution in [2.24, 2.45) is 0 Å². The van der Waals surface area contributed by atoms with Crippen LogP contribution in [0.25, 0.3) is 0 Å². The summed E-state index contributed by atoms with van der Waals surface area (Å²) < 4.78 is 8.65. The van der Waals surface area contributed by atoms with Gasteiger partial charge in [-0.15, -0.1) is 11.6 Å². The summed E-state index contributed by atoms with van der Waals surface area (Å²) >= 11 is 16.1. The Labute approximate surface area is 154 Å². The lowest BCUT2D eigenvalue weighted by Crippen LogP contribution is -2.00. The Hall–Kier alpha value is 0.220. The van der Waals surface area contributed by atoms with E-state index in [4.69, 9.17) is 16.3 Å². The highest BCUT2D eigenvalue weighted by atomic mass is 127. The minimum Gasteiger partial charge on any atom is -0.496 e. The number of hydrogen-bond donors (Lipinski definition) is 0. The first kappa shape index (κ1) is 16.6. The topological polar surface area (TPSA) is 9.23 Å². The fourth-order valence-electron chi connectivity index (χ4n) is 1.92. The van der Waals surface area contributed by atoms with Gasteiger partial charge in [0.05, 0.1) is 12.5 Å². The second-order valence-corrected chi connectivity index (χ2v) is 7.76. The number of aryl methyl sites for hydroxylation is 1. The zero-order valence-electron chi connectivity index (χ0n) is 10.9. The van der Waals surface area contributed by atoms with Crippen molar-refractivity contribution in [3.05, 3.63) is 59.5 Å². The Morgan fingerprint density at radius 1 is 1.10 bits per heavy atom. The number of rotatable bonds is 3. The van der Waals surface area contributed by atoms with Gasteiger partial charge in [-0.2, -0.15) is 0 Å². The van der Waals surface area contributed by atoms with E-state index in [0.717, 1.165) is 35.0 Å². The molecule has 106 valence electrons. The minimum atomic E-state index is -0.272. The van der Waals surface area contributed by atoms with Crippen molar-refractivity contribution in [3.8, 4) is 5.75 Å². The fourth-order valence-corrected chi connectivity index (χ4v) is 3.76. The van der Waals surface area contributed by atoms with Crippen molar-refractivity contribution in [2.75, 3.05) is 7.11 Å². The summed E-state index contributed by atoms with van der Waals surface area (Å²) in [6.07, 6.45) is 0. The third-order valence-electron chi connectivity index (χ3n) is 3.02. The van der Waals surface area contributed by atoms with Crippen LogP contribution in [0.5, 0.6) is 5.75 Å². The average Bonchev–Trinajstić information content (AvgIpc) is 2.43. The number of benzene rings is 2. The van der Waals surface area contributed by atoms with Crippen molar-refractivity contribution < 1.29 is 4.74 Å². The molecule has 0 saturated heterocycles. The molecule has 0 heterocycles. The maximum absolute atomic E-state index is 6.68. The molecule has 5 heteroatoms. The molecule has 0 saturated carbocycles. The summed E-state index contributed by atoms with van der Waals surface area (Å²) in [7, 11) is 1.67. The van der Waals surface area contributed by atoms with E-state index in [1.54, 1.807) is 7.11 Å². The minimum absolute atomic E-state index is 0.272. The first-order valence-electron chi connectivity index (χ1n) is 5.87. The summed E-state index contributed by atoms with van der Waals surface area (Å²) in [6.45, 7) is 2.03. The standard InChI is InChI=1S/C15H12Br2ClIO/c1-8-5-14(20-2)11(7-13(8)17)15(18)10-6-9(19)3-4-12(10)16/h3-7,15H,1-2H3. The predicted molar refractivity (Wildman–Crippen MR) is 100.0 cm³/mol. The first-order valence-corrected chi connectivity index (χ1v) is 8.97. The second-order valence-electron chi connectivity index (χ2n) is 4.37. The van der Waals surface area contributed by atoms with E-state index < -0.39 is 0 Å². The van der Waals surface area contributed by atoms with Crippen molar-refractivity contribution >= 4 is 66.1 Å². The highest BCUT2D eigenvalue weighted by molar-refractivity contribution is 14.1. The summed E-state index contributed by atoms with van der Waals surface area (Å²) in [5.41, 5.74) is 3.11. The van der Waals surface area contributed by atoms with Gasteiger partial charge in [-0.25, -0.2) is 0 Å². The molecule has 0 amide bonds. The molecule has 0 bridgehead atoms. The molecule has 20 heavy (non-hydrogen) atoms. The van der Waals surface area contributed by atoms with Crippen LogP contribution in [-0.4, -0.2) is 7.11 Å². The van der Waals surface area contributed by atoms with Crippen molar-refractivity contribution in [1.29, 1.82) is 0 Å². The van der Waals surface area contributed by atoms with Crippen molar-refractivity contribution in [2.45, 2.75) is 12.3 Å². The Kier molecular flexibility index (Phi) is 5.79. The number of hydrogen-bond acceptors (Lipinski definition) is 1. The lowest BCUT2D eigenvalue weighted by atomic mass is 10.0. The molecule has 0 radical (unpaired) electrons. The fraction of sp³-hybridized carbons (Fsp3) is 0.200. The largest absolute Gasteiger partial charge is 0.496 e. The van der Waals surface area contributed by atoms with Crippen molar-refractivity contribution in [1.82, 2.24) is 0 Å². The van der Waals surface area contributed by atoms with Crippen LogP contribution in [0, 0.1) is 10.5 Å². The Morgan fingerprint density at radius 3 is 2.45 bits per heavy atom. The van der Waals surface area contributed by atoms with Gasteiger partial charge in [0.15, 0.2) is 0 Å². The van der Waals surface area contributed by atoms with E-state index in [2.05, 4.69) is 60.5 Å². The Bertz CT molecular complexity index is 646. The molecule has 0 aliphatic carbocycles. The zero-order valence-corrected chi connectivity index (χ0v) is 17.0. The van der Waals surface area contributed by atoms with E-state index in [9.17, 15) is 0 Å². The van der Waals surface area contributed by atoms with Crippen LogP contribution >= 0.6 is 66.1 Å². The van der Waals surface area contributed by atoms with Crippen LogP contribution in [0.2, 0.25) is 0 Å². The normalized spacial score (nSPS) is 12.3. The average molecular weight is 530 g/mol. The maximum atomic E-state index is 6.68. The highest BCUT2D eigenvalue weighted by Gasteiger charge is 2.19. The third-order valence-corrected chi connectivity index (χ3v) is 5.73. The number of methoxy groups -OCH3 is 1. The molecule has 1 atom stereocenters. The zero-order chi connectivity index (χ0) is 14.9. The summed E-state index contributed by atoms with van der Waals surface area (Å²) in [5.74, 6) is 0.802. The Balaban J connectivity index is 2.55.